The van der Waals surface area contributed by atoms with Crippen molar-refractivity contribution in [3.63, 3.8) is 0 Å². The molecule has 6 nitrogen and oxygen atoms in total. The number of fused-ring (bicyclic) bond motifs is 1. The Bertz CT molecular complexity index is 743. The number of pyridine rings is 1. The van der Waals surface area contributed by atoms with Crippen molar-refractivity contribution >= 4 is 23.2 Å². The van der Waals surface area contributed by atoms with Crippen LogP contribution in [0.15, 0.2) is 16.5 Å². The van der Waals surface area contributed by atoms with Crippen LogP contribution in [-0.2, 0) is 4.79 Å². The van der Waals surface area contributed by atoms with Crippen molar-refractivity contribution in [3.8, 4) is 0 Å². The Labute approximate surface area is 148 Å². The van der Waals surface area contributed by atoms with Gasteiger partial charge in [-0.15, -0.1) is 0 Å². The summed E-state index contributed by atoms with van der Waals surface area (Å²) < 4.78 is 5.83. The van der Waals surface area contributed by atoms with Gasteiger partial charge in [0.05, 0.1) is 0 Å². The lowest BCUT2D eigenvalue weighted by Gasteiger charge is -2.35. The molecule has 4 rings (SSSR count). The average molecular weight is 342 g/mol. The zero-order valence-electron chi connectivity index (χ0n) is 14.9. The molecule has 0 spiro atoms. The van der Waals surface area contributed by atoms with Crippen LogP contribution in [0.5, 0.6) is 0 Å². The minimum Gasteiger partial charge on any atom is -0.422 e. The lowest BCUT2D eigenvalue weighted by atomic mass is 9.86. The molecular weight excluding hydrogens is 316 g/mol. The lowest BCUT2D eigenvalue weighted by molar-refractivity contribution is -0.132. The molecule has 1 amide bonds. The Kier molecular flexibility index (Phi) is 4.59. The Morgan fingerprint density at radius 2 is 1.88 bits per heavy atom. The maximum atomic E-state index is 12.5. The molecule has 6 heteroatoms. The molecule has 0 atom stereocenters. The number of oxazole rings is 1. The molecule has 134 valence electrons. The van der Waals surface area contributed by atoms with Crippen LogP contribution < -0.4 is 4.90 Å². The molecule has 1 aliphatic carbocycles. The fraction of sp³-hybridized carbons (Fsp3) is 0.632. The SMILES string of the molecule is Cc1ccc2oc(N3CCN(C(=O)CC4CCCCC4)CC3)nc2n1. The highest BCUT2D eigenvalue weighted by Gasteiger charge is 2.26. The normalized spacial score (nSPS) is 19.6. The number of rotatable bonds is 3. The van der Waals surface area contributed by atoms with Crippen LogP contribution in [0.3, 0.4) is 0 Å². The Morgan fingerprint density at radius 3 is 2.64 bits per heavy atom. The molecule has 0 N–H and O–H groups in total. The standard InChI is InChI=1S/C19H26N4O2/c1-14-7-8-16-18(20-14)21-19(25-16)23-11-9-22(10-12-23)17(24)13-15-5-3-2-4-6-15/h7-8,15H,2-6,9-13H2,1H3. The van der Waals surface area contributed by atoms with E-state index in [-0.39, 0.29) is 0 Å². The first-order chi connectivity index (χ1) is 12.2. The summed E-state index contributed by atoms with van der Waals surface area (Å²) in [4.78, 5) is 25.6. The Hall–Kier alpha value is -2.11. The van der Waals surface area contributed by atoms with Gasteiger partial charge in [-0.1, -0.05) is 19.3 Å². The molecule has 3 heterocycles. The second-order valence-electron chi connectivity index (χ2n) is 7.35. The predicted octanol–water partition coefficient (Wildman–Crippen LogP) is 3.15. The number of carbonyl (C=O) groups is 1. The molecule has 2 fully saturated rings. The van der Waals surface area contributed by atoms with Crippen LogP contribution in [0.2, 0.25) is 0 Å². The number of aryl methyl sites for hydroxylation is 1. The molecule has 0 bridgehead atoms. The van der Waals surface area contributed by atoms with Gasteiger partial charge in [0.25, 0.3) is 6.01 Å². The Morgan fingerprint density at radius 1 is 1.12 bits per heavy atom. The van der Waals surface area contributed by atoms with E-state index in [0.29, 0.717) is 23.5 Å². The predicted molar refractivity (Wildman–Crippen MR) is 96.5 cm³/mol. The highest BCUT2D eigenvalue weighted by molar-refractivity contribution is 5.77. The maximum absolute atomic E-state index is 12.5. The molecule has 1 aliphatic heterocycles. The van der Waals surface area contributed by atoms with Crippen molar-refractivity contribution in [3.05, 3.63) is 17.8 Å². The van der Waals surface area contributed by atoms with E-state index < -0.39 is 0 Å². The fourth-order valence-electron chi connectivity index (χ4n) is 3.95. The van der Waals surface area contributed by atoms with Crippen molar-refractivity contribution < 1.29 is 9.21 Å². The molecule has 2 aromatic heterocycles. The Balaban J connectivity index is 1.34. The van der Waals surface area contributed by atoms with E-state index in [1.165, 1.54) is 32.1 Å². The van der Waals surface area contributed by atoms with Crippen molar-refractivity contribution in [1.82, 2.24) is 14.9 Å². The van der Waals surface area contributed by atoms with E-state index in [1.807, 2.05) is 24.0 Å². The summed E-state index contributed by atoms with van der Waals surface area (Å²) in [5.41, 5.74) is 2.31. The van der Waals surface area contributed by atoms with Crippen molar-refractivity contribution in [2.24, 2.45) is 5.92 Å². The molecule has 2 aromatic rings. The first-order valence-corrected chi connectivity index (χ1v) is 9.46. The molecule has 1 saturated carbocycles. The smallest absolute Gasteiger partial charge is 0.300 e. The molecule has 25 heavy (non-hydrogen) atoms. The zero-order chi connectivity index (χ0) is 17.2. The number of carbonyl (C=O) groups excluding carboxylic acids is 1. The van der Waals surface area contributed by atoms with Gasteiger partial charge in [0.15, 0.2) is 5.58 Å². The van der Waals surface area contributed by atoms with E-state index >= 15 is 0 Å². The highest BCUT2D eigenvalue weighted by atomic mass is 16.4. The van der Waals surface area contributed by atoms with Gasteiger partial charge in [-0.05, 0) is 37.8 Å². The van der Waals surface area contributed by atoms with Gasteiger partial charge >= 0.3 is 0 Å². The first-order valence-electron chi connectivity index (χ1n) is 9.46. The van der Waals surface area contributed by atoms with Gasteiger partial charge in [-0.3, -0.25) is 4.79 Å². The summed E-state index contributed by atoms with van der Waals surface area (Å²) in [7, 11) is 0. The monoisotopic (exact) mass is 342 g/mol. The first kappa shape index (κ1) is 16.4. The number of amides is 1. The van der Waals surface area contributed by atoms with E-state index in [0.717, 1.165) is 43.9 Å². The molecule has 0 unspecified atom stereocenters. The van der Waals surface area contributed by atoms with E-state index in [2.05, 4.69) is 14.9 Å². The van der Waals surface area contributed by atoms with Gasteiger partial charge < -0.3 is 14.2 Å². The third-order valence-corrected chi connectivity index (χ3v) is 5.47. The van der Waals surface area contributed by atoms with Crippen molar-refractivity contribution in [2.75, 3.05) is 31.1 Å². The molecule has 0 aromatic carbocycles. The quantitative estimate of drug-likeness (QED) is 0.857. The molecule has 1 saturated heterocycles. The molecule has 2 aliphatic rings. The zero-order valence-corrected chi connectivity index (χ0v) is 14.9. The van der Waals surface area contributed by atoms with Crippen LogP contribution in [0.25, 0.3) is 11.2 Å². The summed E-state index contributed by atoms with van der Waals surface area (Å²) in [5, 5.41) is 0. The molecular formula is C19H26N4O2. The van der Waals surface area contributed by atoms with E-state index in [9.17, 15) is 4.79 Å². The number of hydrogen-bond donors (Lipinski definition) is 0. The summed E-state index contributed by atoms with van der Waals surface area (Å²) in [6, 6.07) is 4.46. The minimum absolute atomic E-state index is 0.321. The maximum Gasteiger partial charge on any atom is 0.300 e. The van der Waals surface area contributed by atoms with Gasteiger partial charge in [-0.2, -0.15) is 4.98 Å². The summed E-state index contributed by atoms with van der Waals surface area (Å²) in [5.74, 6) is 0.923. The number of piperazine rings is 1. The third-order valence-electron chi connectivity index (χ3n) is 5.47. The van der Waals surface area contributed by atoms with Crippen LogP contribution in [0, 0.1) is 12.8 Å². The fourth-order valence-corrected chi connectivity index (χ4v) is 3.95. The van der Waals surface area contributed by atoms with Gasteiger partial charge in [0.1, 0.15) is 0 Å². The van der Waals surface area contributed by atoms with Gasteiger partial charge in [-0.25, -0.2) is 4.98 Å². The summed E-state index contributed by atoms with van der Waals surface area (Å²) in [6.45, 7) is 4.97. The minimum atomic E-state index is 0.321. The average Bonchev–Trinajstić information content (AvgIpc) is 3.06. The summed E-state index contributed by atoms with van der Waals surface area (Å²) >= 11 is 0. The van der Waals surface area contributed by atoms with Gasteiger partial charge in [0, 0.05) is 38.3 Å². The van der Waals surface area contributed by atoms with E-state index in [1.54, 1.807) is 0 Å². The number of nitrogens with zero attached hydrogens (tertiary/aromatic N) is 4. The molecule has 0 radical (unpaired) electrons. The number of anilines is 1. The highest BCUT2D eigenvalue weighted by Crippen LogP contribution is 2.27. The third kappa shape index (κ3) is 3.62. The number of hydrogen-bond acceptors (Lipinski definition) is 5. The van der Waals surface area contributed by atoms with Crippen LogP contribution in [-0.4, -0.2) is 47.0 Å². The van der Waals surface area contributed by atoms with Crippen molar-refractivity contribution in [1.29, 1.82) is 0 Å². The van der Waals surface area contributed by atoms with Crippen LogP contribution in [0.1, 0.15) is 44.2 Å². The van der Waals surface area contributed by atoms with Crippen molar-refractivity contribution in [2.45, 2.75) is 45.4 Å². The lowest BCUT2D eigenvalue weighted by Crippen LogP contribution is -2.49. The largest absolute Gasteiger partial charge is 0.422 e. The van der Waals surface area contributed by atoms with E-state index in [4.69, 9.17) is 4.42 Å². The van der Waals surface area contributed by atoms with Crippen LogP contribution in [0.4, 0.5) is 6.01 Å². The second-order valence-corrected chi connectivity index (χ2v) is 7.35. The number of aromatic nitrogens is 2. The topological polar surface area (TPSA) is 62.5 Å². The summed E-state index contributed by atoms with van der Waals surface area (Å²) in [6.07, 6.45) is 7.09. The van der Waals surface area contributed by atoms with Crippen LogP contribution >= 0.6 is 0 Å². The van der Waals surface area contributed by atoms with Gasteiger partial charge in [0.2, 0.25) is 11.6 Å². The second kappa shape index (κ2) is 7.02.